The van der Waals surface area contributed by atoms with E-state index in [0.717, 1.165) is 0 Å². The SMILES string of the molecule is NC(=O)Nc1cccc(NC(=O)c2n[nH]c3ccc([N+](=O)[O-])cc23)c1. The molecule has 0 bridgehead atoms. The van der Waals surface area contributed by atoms with Crippen LogP contribution in [0.5, 0.6) is 0 Å². The summed E-state index contributed by atoms with van der Waals surface area (Å²) in [7, 11) is 0. The van der Waals surface area contributed by atoms with E-state index >= 15 is 0 Å². The number of aromatic amines is 1. The van der Waals surface area contributed by atoms with E-state index < -0.39 is 16.9 Å². The Morgan fingerprint density at radius 2 is 1.84 bits per heavy atom. The second-order valence-electron chi connectivity index (χ2n) is 5.08. The van der Waals surface area contributed by atoms with Crippen LogP contribution in [0, 0.1) is 10.1 Å². The Labute approximate surface area is 140 Å². The van der Waals surface area contributed by atoms with E-state index in [1.165, 1.54) is 24.3 Å². The Bertz CT molecular complexity index is 997. The number of urea groups is 1. The van der Waals surface area contributed by atoms with Gasteiger partial charge in [0.05, 0.1) is 10.4 Å². The molecular formula is C15H12N6O4. The lowest BCUT2D eigenvalue weighted by Gasteiger charge is -2.06. The second kappa shape index (κ2) is 6.28. The van der Waals surface area contributed by atoms with Gasteiger partial charge >= 0.3 is 6.03 Å². The molecular weight excluding hydrogens is 328 g/mol. The average molecular weight is 340 g/mol. The lowest BCUT2D eigenvalue weighted by Crippen LogP contribution is -2.19. The van der Waals surface area contributed by atoms with E-state index in [2.05, 4.69) is 20.8 Å². The van der Waals surface area contributed by atoms with Gasteiger partial charge in [-0.3, -0.25) is 20.0 Å². The molecule has 0 radical (unpaired) electrons. The van der Waals surface area contributed by atoms with Crippen molar-refractivity contribution in [2.45, 2.75) is 0 Å². The van der Waals surface area contributed by atoms with Crippen molar-refractivity contribution >= 4 is 39.9 Å². The van der Waals surface area contributed by atoms with Gasteiger partial charge in [0.1, 0.15) is 0 Å². The van der Waals surface area contributed by atoms with Crippen LogP contribution >= 0.6 is 0 Å². The van der Waals surface area contributed by atoms with Crippen LogP contribution in [-0.2, 0) is 0 Å². The lowest BCUT2D eigenvalue weighted by molar-refractivity contribution is -0.384. The highest BCUT2D eigenvalue weighted by molar-refractivity contribution is 6.11. The number of fused-ring (bicyclic) bond motifs is 1. The number of nitrogens with one attached hydrogen (secondary N) is 3. The van der Waals surface area contributed by atoms with Gasteiger partial charge in [-0.2, -0.15) is 5.10 Å². The first-order valence-corrected chi connectivity index (χ1v) is 7.04. The van der Waals surface area contributed by atoms with Crippen LogP contribution < -0.4 is 16.4 Å². The molecule has 25 heavy (non-hydrogen) atoms. The van der Waals surface area contributed by atoms with Crippen LogP contribution in [-0.4, -0.2) is 27.1 Å². The number of nitro groups is 1. The quantitative estimate of drug-likeness (QED) is 0.423. The van der Waals surface area contributed by atoms with Crippen LogP contribution in [0.15, 0.2) is 42.5 Å². The Morgan fingerprint density at radius 3 is 2.52 bits per heavy atom. The number of hydrogen-bond donors (Lipinski definition) is 4. The summed E-state index contributed by atoms with van der Waals surface area (Å²) in [5.74, 6) is -0.553. The van der Waals surface area contributed by atoms with E-state index in [0.29, 0.717) is 22.3 Å². The molecule has 3 rings (SSSR count). The van der Waals surface area contributed by atoms with E-state index in [4.69, 9.17) is 5.73 Å². The van der Waals surface area contributed by atoms with Crippen LogP contribution in [0.4, 0.5) is 21.9 Å². The molecule has 0 spiro atoms. The van der Waals surface area contributed by atoms with Gasteiger partial charge in [-0.05, 0) is 24.3 Å². The summed E-state index contributed by atoms with van der Waals surface area (Å²) in [6, 6.07) is 9.70. The molecule has 1 heterocycles. The number of carbonyl (C=O) groups is 2. The van der Waals surface area contributed by atoms with E-state index in [1.54, 1.807) is 18.2 Å². The van der Waals surface area contributed by atoms with Crippen LogP contribution in [0.25, 0.3) is 10.9 Å². The second-order valence-corrected chi connectivity index (χ2v) is 5.08. The average Bonchev–Trinajstić information content (AvgIpc) is 2.97. The first-order chi connectivity index (χ1) is 11.9. The standard InChI is InChI=1S/C15H12N6O4/c16-15(23)18-9-3-1-2-8(6-9)17-14(22)13-11-7-10(21(24)25)4-5-12(11)19-20-13/h1-7H,(H,17,22)(H,19,20)(H3,16,18,23). The number of non-ortho nitro benzene ring substituents is 1. The normalized spacial score (nSPS) is 10.4. The van der Waals surface area contributed by atoms with E-state index in [-0.39, 0.29) is 11.4 Å². The summed E-state index contributed by atoms with van der Waals surface area (Å²) in [6.45, 7) is 0. The molecule has 10 heteroatoms. The molecule has 0 aliphatic heterocycles. The maximum atomic E-state index is 12.4. The third kappa shape index (κ3) is 3.37. The van der Waals surface area contributed by atoms with Gasteiger partial charge in [0.15, 0.2) is 5.69 Å². The van der Waals surface area contributed by atoms with Gasteiger partial charge in [0, 0.05) is 28.9 Å². The summed E-state index contributed by atoms with van der Waals surface area (Å²) in [5.41, 5.74) is 6.24. The van der Waals surface area contributed by atoms with Crippen molar-refractivity contribution in [1.82, 2.24) is 10.2 Å². The van der Waals surface area contributed by atoms with Gasteiger partial charge in [-0.1, -0.05) is 6.07 Å². The fourth-order valence-electron chi connectivity index (χ4n) is 2.30. The maximum absolute atomic E-state index is 12.4. The van der Waals surface area contributed by atoms with Gasteiger partial charge in [-0.15, -0.1) is 0 Å². The Kier molecular flexibility index (Phi) is 4.00. The van der Waals surface area contributed by atoms with Crippen molar-refractivity contribution in [1.29, 1.82) is 0 Å². The number of anilines is 2. The zero-order valence-electron chi connectivity index (χ0n) is 12.6. The number of benzene rings is 2. The van der Waals surface area contributed by atoms with Gasteiger partial charge in [0.2, 0.25) is 0 Å². The summed E-state index contributed by atoms with van der Waals surface area (Å²) in [5, 5.41) is 22.8. The first kappa shape index (κ1) is 15.9. The summed E-state index contributed by atoms with van der Waals surface area (Å²) < 4.78 is 0. The summed E-state index contributed by atoms with van der Waals surface area (Å²) >= 11 is 0. The molecule has 3 amide bonds. The number of rotatable bonds is 4. The Morgan fingerprint density at radius 1 is 1.12 bits per heavy atom. The molecule has 0 saturated carbocycles. The molecule has 0 unspecified atom stereocenters. The van der Waals surface area contributed by atoms with Crippen molar-refractivity contribution in [2.24, 2.45) is 5.73 Å². The van der Waals surface area contributed by atoms with E-state index in [1.807, 2.05) is 0 Å². The Balaban J connectivity index is 1.89. The van der Waals surface area contributed by atoms with Crippen LogP contribution in [0.2, 0.25) is 0 Å². The number of nitrogens with zero attached hydrogens (tertiary/aromatic N) is 2. The monoisotopic (exact) mass is 340 g/mol. The Hall–Kier alpha value is -3.95. The zero-order valence-corrected chi connectivity index (χ0v) is 12.6. The third-order valence-electron chi connectivity index (χ3n) is 3.36. The highest BCUT2D eigenvalue weighted by Gasteiger charge is 2.17. The number of carbonyl (C=O) groups excluding carboxylic acids is 2. The minimum Gasteiger partial charge on any atom is -0.351 e. The molecule has 3 aromatic rings. The minimum atomic E-state index is -0.728. The highest BCUT2D eigenvalue weighted by atomic mass is 16.6. The molecule has 0 fully saturated rings. The number of nitrogens with two attached hydrogens (primary N) is 1. The number of aromatic nitrogens is 2. The van der Waals surface area contributed by atoms with Crippen molar-refractivity contribution < 1.29 is 14.5 Å². The lowest BCUT2D eigenvalue weighted by atomic mass is 10.2. The summed E-state index contributed by atoms with van der Waals surface area (Å²) in [4.78, 5) is 33.7. The summed E-state index contributed by atoms with van der Waals surface area (Å²) in [6.07, 6.45) is 0. The smallest absolute Gasteiger partial charge is 0.316 e. The molecule has 2 aromatic carbocycles. The highest BCUT2D eigenvalue weighted by Crippen LogP contribution is 2.23. The minimum absolute atomic E-state index is 0.0203. The predicted octanol–water partition coefficient (Wildman–Crippen LogP) is 2.21. The number of hydrogen-bond acceptors (Lipinski definition) is 5. The van der Waals surface area contributed by atoms with Crippen molar-refractivity contribution in [3.8, 4) is 0 Å². The number of primary amides is 1. The zero-order chi connectivity index (χ0) is 18.0. The number of H-pyrrole nitrogens is 1. The van der Waals surface area contributed by atoms with Crippen LogP contribution in [0.1, 0.15) is 10.5 Å². The number of nitro benzene ring substituents is 1. The van der Waals surface area contributed by atoms with Crippen molar-refractivity contribution in [3.63, 3.8) is 0 Å². The first-order valence-electron chi connectivity index (χ1n) is 7.04. The third-order valence-corrected chi connectivity index (χ3v) is 3.36. The van der Waals surface area contributed by atoms with Gasteiger partial charge in [0.25, 0.3) is 11.6 Å². The fourth-order valence-corrected chi connectivity index (χ4v) is 2.30. The van der Waals surface area contributed by atoms with Crippen molar-refractivity contribution in [2.75, 3.05) is 10.6 Å². The molecule has 10 nitrogen and oxygen atoms in total. The van der Waals surface area contributed by atoms with Crippen molar-refractivity contribution in [3.05, 3.63) is 58.3 Å². The van der Waals surface area contributed by atoms with Crippen LogP contribution in [0.3, 0.4) is 0 Å². The van der Waals surface area contributed by atoms with E-state index in [9.17, 15) is 19.7 Å². The molecule has 5 N–H and O–H groups in total. The van der Waals surface area contributed by atoms with Gasteiger partial charge < -0.3 is 16.4 Å². The molecule has 0 aliphatic carbocycles. The van der Waals surface area contributed by atoms with Gasteiger partial charge in [-0.25, -0.2) is 4.79 Å². The number of amides is 3. The molecule has 126 valence electrons. The molecule has 0 saturated heterocycles. The topological polar surface area (TPSA) is 156 Å². The molecule has 0 aliphatic rings. The molecule has 1 aromatic heterocycles. The predicted molar refractivity (Wildman–Crippen MR) is 90.3 cm³/mol. The molecule has 0 atom stereocenters. The fraction of sp³-hybridized carbons (Fsp3) is 0. The maximum Gasteiger partial charge on any atom is 0.316 e. The largest absolute Gasteiger partial charge is 0.351 e.